The lowest BCUT2D eigenvalue weighted by atomic mass is 10.1. The number of ether oxygens (including phenoxy) is 5. The van der Waals surface area contributed by atoms with Crippen LogP contribution in [0.4, 0.5) is 0 Å². The zero-order valence-corrected chi connectivity index (χ0v) is 31.6. The summed E-state index contributed by atoms with van der Waals surface area (Å²) in [6.07, 6.45) is 27.3. The summed E-state index contributed by atoms with van der Waals surface area (Å²) in [7, 11) is 4.28. The Kier molecular flexibility index (Phi) is 26.7. The van der Waals surface area contributed by atoms with Crippen molar-refractivity contribution in [3.63, 3.8) is 0 Å². The SMILES string of the molecule is CCCCCCCCCCCCCC(=O)OCC(COC(=O)CCCCCCCCCCCCC)OC1(C)OCC[N+](C)(C)CCO1. The monoisotopic (exact) mass is 671 g/mol. The number of carbonyl (C=O) groups is 2. The van der Waals surface area contributed by atoms with Crippen molar-refractivity contribution in [2.45, 2.75) is 187 Å². The van der Waals surface area contributed by atoms with Crippen LogP contribution in [0.3, 0.4) is 0 Å². The number of unbranched alkanes of at least 4 members (excludes halogenated alkanes) is 20. The van der Waals surface area contributed by atoms with E-state index in [1.165, 1.54) is 103 Å². The van der Waals surface area contributed by atoms with Gasteiger partial charge in [0, 0.05) is 19.8 Å². The average Bonchev–Trinajstić information content (AvgIpc) is 3.03. The van der Waals surface area contributed by atoms with Gasteiger partial charge in [-0.2, -0.15) is 0 Å². The topological polar surface area (TPSA) is 80.3 Å². The maximum Gasteiger partial charge on any atom is 0.305 e. The minimum absolute atomic E-state index is 0.00749. The van der Waals surface area contributed by atoms with E-state index in [9.17, 15) is 9.59 Å². The summed E-state index contributed by atoms with van der Waals surface area (Å²) in [5.74, 6) is -1.79. The van der Waals surface area contributed by atoms with E-state index in [2.05, 4.69) is 27.9 Å². The molecule has 0 N–H and O–H groups in total. The summed E-state index contributed by atoms with van der Waals surface area (Å²) in [6.45, 7) is 8.82. The number of hydrogen-bond donors (Lipinski definition) is 0. The molecule has 1 fully saturated rings. The number of rotatable bonds is 30. The average molecular weight is 671 g/mol. The van der Waals surface area contributed by atoms with Crippen molar-refractivity contribution in [1.29, 1.82) is 0 Å². The third-order valence-corrected chi connectivity index (χ3v) is 9.33. The van der Waals surface area contributed by atoms with Crippen molar-refractivity contribution in [3.05, 3.63) is 0 Å². The van der Waals surface area contributed by atoms with Gasteiger partial charge in [0.1, 0.15) is 45.6 Å². The molecule has 1 rings (SSSR count). The molecule has 0 aliphatic carbocycles. The quantitative estimate of drug-likeness (QED) is 0.0428. The molecule has 0 bridgehead atoms. The molecule has 0 radical (unpaired) electrons. The molecule has 8 nitrogen and oxygen atoms in total. The van der Waals surface area contributed by atoms with Crippen molar-refractivity contribution in [2.24, 2.45) is 0 Å². The first-order valence-electron chi connectivity index (χ1n) is 19.8. The molecule has 0 atom stereocenters. The van der Waals surface area contributed by atoms with Crippen molar-refractivity contribution in [2.75, 3.05) is 53.6 Å². The Morgan fingerprint density at radius 3 is 1.23 bits per heavy atom. The van der Waals surface area contributed by atoms with Gasteiger partial charge in [0.25, 0.3) is 5.97 Å². The van der Waals surface area contributed by atoms with E-state index in [4.69, 9.17) is 23.7 Å². The van der Waals surface area contributed by atoms with Crippen LogP contribution in [0.5, 0.6) is 0 Å². The highest BCUT2D eigenvalue weighted by Crippen LogP contribution is 2.21. The second kappa shape index (κ2) is 28.6. The highest BCUT2D eigenvalue weighted by atomic mass is 16.9. The van der Waals surface area contributed by atoms with Crippen molar-refractivity contribution in [3.8, 4) is 0 Å². The van der Waals surface area contributed by atoms with Crippen LogP contribution in [-0.4, -0.2) is 82.1 Å². The number of hydrogen-bond acceptors (Lipinski definition) is 7. The molecule has 0 aromatic carbocycles. The third-order valence-electron chi connectivity index (χ3n) is 9.33. The van der Waals surface area contributed by atoms with Crippen molar-refractivity contribution < 1.29 is 37.8 Å². The highest BCUT2D eigenvalue weighted by Gasteiger charge is 2.35. The predicted octanol–water partition coefficient (Wildman–Crippen LogP) is 9.66. The maximum absolute atomic E-state index is 12.6. The Morgan fingerprint density at radius 1 is 0.574 bits per heavy atom. The Hall–Kier alpha value is -1.22. The van der Waals surface area contributed by atoms with E-state index in [0.29, 0.717) is 26.1 Å². The zero-order chi connectivity index (χ0) is 34.5. The number of nitrogens with zero attached hydrogens (tertiary/aromatic N) is 1. The number of esters is 2. The normalized spacial score (nSPS) is 16.1. The Labute approximate surface area is 289 Å². The van der Waals surface area contributed by atoms with Gasteiger partial charge in [-0.25, -0.2) is 0 Å². The number of carbonyl (C=O) groups excluding carboxylic acids is 2. The summed E-state index contributed by atoms with van der Waals surface area (Å²) in [5.41, 5.74) is 0. The molecular formula is C39H76NO7+. The van der Waals surface area contributed by atoms with Crippen LogP contribution in [0.25, 0.3) is 0 Å². The molecule has 278 valence electrons. The van der Waals surface area contributed by atoms with Crippen LogP contribution >= 0.6 is 0 Å². The molecule has 0 unspecified atom stereocenters. The first-order valence-corrected chi connectivity index (χ1v) is 19.8. The maximum atomic E-state index is 12.6. The van der Waals surface area contributed by atoms with E-state index in [1.54, 1.807) is 6.92 Å². The molecular weight excluding hydrogens is 594 g/mol. The molecule has 0 aromatic rings. The molecule has 1 heterocycles. The van der Waals surface area contributed by atoms with Gasteiger partial charge in [-0.15, -0.1) is 0 Å². The largest absolute Gasteiger partial charge is 0.463 e. The van der Waals surface area contributed by atoms with Crippen LogP contribution < -0.4 is 0 Å². The fourth-order valence-electron chi connectivity index (χ4n) is 5.98. The lowest BCUT2D eigenvalue weighted by molar-refractivity contribution is -0.894. The van der Waals surface area contributed by atoms with Crippen molar-refractivity contribution >= 4 is 11.9 Å². The Morgan fingerprint density at radius 2 is 0.894 bits per heavy atom. The van der Waals surface area contributed by atoms with Gasteiger partial charge in [0.2, 0.25) is 0 Å². The lowest BCUT2D eigenvalue weighted by Gasteiger charge is -2.38. The van der Waals surface area contributed by atoms with Gasteiger partial charge in [0.15, 0.2) is 0 Å². The van der Waals surface area contributed by atoms with Gasteiger partial charge < -0.3 is 28.2 Å². The van der Waals surface area contributed by atoms with Crippen LogP contribution in [-0.2, 0) is 33.3 Å². The molecule has 0 amide bonds. The second-order valence-electron chi connectivity index (χ2n) is 14.6. The molecule has 1 aliphatic rings. The lowest BCUT2D eigenvalue weighted by Crippen LogP contribution is -2.52. The third kappa shape index (κ3) is 26.3. The minimum Gasteiger partial charge on any atom is -0.463 e. The fourth-order valence-corrected chi connectivity index (χ4v) is 5.98. The van der Waals surface area contributed by atoms with Crippen molar-refractivity contribution in [1.82, 2.24) is 0 Å². The fraction of sp³-hybridized carbons (Fsp3) is 0.949. The van der Waals surface area contributed by atoms with Crippen LogP contribution in [0.1, 0.15) is 175 Å². The summed E-state index contributed by atoms with van der Waals surface area (Å²) in [6, 6.07) is 0. The number of quaternary nitrogens is 1. The van der Waals surface area contributed by atoms with Gasteiger partial charge in [-0.05, 0) is 12.8 Å². The second-order valence-corrected chi connectivity index (χ2v) is 14.6. The molecule has 1 aliphatic heterocycles. The highest BCUT2D eigenvalue weighted by molar-refractivity contribution is 5.69. The van der Waals surface area contributed by atoms with E-state index in [-0.39, 0.29) is 25.2 Å². The standard InChI is InChI=1S/C39H76NO7/c1-6-8-10-12-14-16-18-20-22-24-26-28-37(41)43-34-36(47-39(3)45-32-30-40(4,5)31-33-46-39)35-44-38(42)29-27-25-23-21-19-17-15-13-11-9-7-2/h36H,6-35H2,1-5H3/q+1. The van der Waals surface area contributed by atoms with E-state index >= 15 is 0 Å². The first-order chi connectivity index (χ1) is 22.7. The first kappa shape index (κ1) is 43.8. The molecule has 0 saturated carbocycles. The smallest absolute Gasteiger partial charge is 0.305 e. The summed E-state index contributed by atoms with van der Waals surface area (Å²) < 4.78 is 30.2. The predicted molar refractivity (Wildman–Crippen MR) is 191 cm³/mol. The van der Waals surface area contributed by atoms with Crippen LogP contribution in [0.2, 0.25) is 0 Å². The zero-order valence-electron chi connectivity index (χ0n) is 31.6. The van der Waals surface area contributed by atoms with Gasteiger partial charge in [-0.3, -0.25) is 9.59 Å². The number of likely N-dealkylation sites (N-methyl/N-ethyl adjacent to an activating group) is 1. The minimum atomic E-state index is -1.30. The molecule has 8 heteroatoms. The van der Waals surface area contributed by atoms with Crippen LogP contribution in [0.15, 0.2) is 0 Å². The summed E-state index contributed by atoms with van der Waals surface area (Å²) in [4.78, 5) is 25.1. The van der Waals surface area contributed by atoms with Gasteiger partial charge in [-0.1, -0.05) is 142 Å². The Balaban J connectivity index is 2.37. The van der Waals surface area contributed by atoms with E-state index in [1.807, 2.05) is 0 Å². The molecule has 0 spiro atoms. The molecule has 1 saturated heterocycles. The van der Waals surface area contributed by atoms with E-state index < -0.39 is 12.1 Å². The van der Waals surface area contributed by atoms with Gasteiger partial charge in [0.05, 0.1) is 14.1 Å². The van der Waals surface area contributed by atoms with Gasteiger partial charge >= 0.3 is 11.9 Å². The molecule has 47 heavy (non-hydrogen) atoms. The summed E-state index contributed by atoms with van der Waals surface area (Å²) >= 11 is 0. The molecule has 0 aromatic heterocycles. The Bertz CT molecular complexity index is 706. The van der Waals surface area contributed by atoms with Crippen LogP contribution in [0, 0.1) is 0 Å². The summed E-state index contributed by atoms with van der Waals surface area (Å²) in [5, 5.41) is 0. The van der Waals surface area contributed by atoms with E-state index in [0.717, 1.165) is 56.1 Å².